The molecule has 0 unspecified atom stereocenters. The van der Waals surface area contributed by atoms with Gasteiger partial charge in [-0.3, -0.25) is 0 Å². The van der Waals surface area contributed by atoms with E-state index in [-0.39, 0.29) is 5.41 Å². The summed E-state index contributed by atoms with van der Waals surface area (Å²) in [6.45, 7) is 14.0. The minimum atomic E-state index is -0.198. The van der Waals surface area contributed by atoms with Crippen molar-refractivity contribution in [1.82, 2.24) is 0 Å². The largest absolute Gasteiger partial charge is 0.135 e. The molecule has 0 nitrogen and oxygen atoms in total. The van der Waals surface area contributed by atoms with Gasteiger partial charge in [-0.1, -0.05) is 173 Å². The quantitative estimate of drug-likeness (QED) is 0.169. The summed E-state index contributed by atoms with van der Waals surface area (Å²) in [4.78, 5) is 0. The molecule has 268 valence electrons. The van der Waals surface area contributed by atoms with Gasteiger partial charge in [0.05, 0.1) is 0 Å². The third kappa shape index (κ3) is 5.49. The molecule has 0 saturated carbocycles. The lowest BCUT2D eigenvalue weighted by atomic mass is 9.77. The van der Waals surface area contributed by atoms with Crippen molar-refractivity contribution < 1.29 is 0 Å². The van der Waals surface area contributed by atoms with Crippen LogP contribution in [0.5, 0.6) is 0 Å². The maximum atomic E-state index is 4.72. The molecule has 0 atom stereocenters. The van der Waals surface area contributed by atoms with Gasteiger partial charge < -0.3 is 0 Å². The highest BCUT2D eigenvalue weighted by atomic mass is 32.1. The van der Waals surface area contributed by atoms with Gasteiger partial charge in [0.2, 0.25) is 0 Å². The Morgan fingerprint density at radius 3 is 2.18 bits per heavy atom. The van der Waals surface area contributed by atoms with Gasteiger partial charge in [0.1, 0.15) is 0 Å². The molecule has 1 heterocycles. The summed E-state index contributed by atoms with van der Waals surface area (Å²) in [5, 5.41) is 9.77. The Morgan fingerprint density at radius 2 is 1.34 bits per heavy atom. The fourth-order valence-electron chi connectivity index (χ4n) is 9.24. The lowest BCUT2D eigenvalue weighted by Gasteiger charge is -2.26. The second kappa shape index (κ2) is 13.5. The fraction of sp³-hybridized carbons (Fsp3) is 0.0909. The molecule has 1 aromatic heterocycles. The van der Waals surface area contributed by atoms with E-state index in [1.807, 2.05) is 11.3 Å². The van der Waals surface area contributed by atoms with E-state index in [0.717, 1.165) is 34.4 Å². The van der Waals surface area contributed by atoms with Gasteiger partial charge in [0.15, 0.2) is 0 Å². The number of fused-ring (bicyclic) bond motifs is 10. The number of allylic oxidation sites excluding steroid dienone is 5. The van der Waals surface area contributed by atoms with Gasteiger partial charge in [0.25, 0.3) is 0 Å². The number of hydrogen-bond donors (Lipinski definition) is 0. The van der Waals surface area contributed by atoms with Crippen LogP contribution >= 0.6 is 11.3 Å². The highest BCUT2D eigenvalue weighted by Gasteiger charge is 2.39. The Hall–Kier alpha value is -6.28. The second-order valence-corrected chi connectivity index (χ2v) is 16.7. The van der Waals surface area contributed by atoms with Gasteiger partial charge in [-0.15, -0.1) is 11.3 Å². The summed E-state index contributed by atoms with van der Waals surface area (Å²) in [6.07, 6.45) is 13.5. The Balaban J connectivity index is 1.29. The standard InChI is InChI=1S/C55H42S/c1-35-32-39(37-18-8-7-9-19-37)29-28-38(35)33-36(2)40-20-10-5-6-11-21-43(42-23-13-12-22-41(40)42)48-34-49-45(30-31-46-44-24-15-17-27-51(44)56-54(46)49)52-47-25-14-16-26-50(47)55(3,4)53(48)52/h7-34H,1-2,5-6H2,3-4H3/b20-10+,21-11+,38-33-,41-40+,43-42+. The lowest BCUT2D eigenvalue weighted by molar-refractivity contribution is 0.659. The van der Waals surface area contributed by atoms with Crippen LogP contribution in [0.25, 0.3) is 77.0 Å². The maximum Gasteiger partial charge on any atom is 0.0434 e. The number of benzene rings is 7. The van der Waals surface area contributed by atoms with Crippen LogP contribution in [0.2, 0.25) is 0 Å². The van der Waals surface area contributed by atoms with Crippen molar-refractivity contribution in [1.29, 1.82) is 0 Å². The number of rotatable bonds is 4. The average molecular weight is 735 g/mol. The van der Waals surface area contributed by atoms with Crippen molar-refractivity contribution in [2.75, 3.05) is 0 Å². The summed E-state index contributed by atoms with van der Waals surface area (Å²) in [5.41, 5.74) is 12.3. The highest BCUT2D eigenvalue weighted by Crippen LogP contribution is 2.55. The molecule has 0 N–H and O–H groups in total. The molecule has 0 aliphatic heterocycles. The predicted molar refractivity (Wildman–Crippen MR) is 244 cm³/mol. The molecule has 7 aromatic carbocycles. The monoisotopic (exact) mass is 734 g/mol. The molecule has 8 aromatic rings. The minimum absolute atomic E-state index is 0.198. The van der Waals surface area contributed by atoms with Crippen molar-refractivity contribution in [2.45, 2.75) is 32.1 Å². The maximum absolute atomic E-state index is 4.72. The zero-order valence-electron chi connectivity index (χ0n) is 31.9. The topological polar surface area (TPSA) is 0 Å². The molecular weight excluding hydrogens is 693 g/mol. The van der Waals surface area contributed by atoms with Crippen LogP contribution in [0.3, 0.4) is 0 Å². The van der Waals surface area contributed by atoms with E-state index in [4.69, 9.17) is 6.58 Å². The molecular formula is C55H42S. The third-order valence-corrected chi connectivity index (χ3v) is 13.2. The van der Waals surface area contributed by atoms with E-state index in [9.17, 15) is 0 Å². The first kappa shape index (κ1) is 34.2. The van der Waals surface area contributed by atoms with Crippen LogP contribution in [-0.2, 0) is 5.41 Å². The van der Waals surface area contributed by atoms with E-state index < -0.39 is 0 Å². The van der Waals surface area contributed by atoms with E-state index in [2.05, 4.69) is 190 Å². The van der Waals surface area contributed by atoms with Crippen molar-refractivity contribution in [2.24, 2.45) is 0 Å². The first-order valence-electron chi connectivity index (χ1n) is 19.6. The smallest absolute Gasteiger partial charge is 0.0434 e. The molecule has 0 radical (unpaired) electrons. The molecule has 0 fully saturated rings. The van der Waals surface area contributed by atoms with Gasteiger partial charge in [-0.2, -0.15) is 0 Å². The van der Waals surface area contributed by atoms with Crippen molar-refractivity contribution in [3.8, 4) is 22.3 Å². The molecule has 0 saturated heterocycles. The lowest BCUT2D eigenvalue weighted by Crippen LogP contribution is -2.30. The SMILES string of the molecule is C=C(/C=c1/ccc(-c2ccccc2)cc1=C)C1=c2\cccc\c2=C(c2cc3c(ccc4c5ccccc5sc34)c3c2C(C)(C)c2ccccc2-3)\C=C\CC\C=C\1. The van der Waals surface area contributed by atoms with Crippen LogP contribution < -0.4 is 20.9 Å². The zero-order valence-corrected chi connectivity index (χ0v) is 32.7. The second-order valence-electron chi connectivity index (χ2n) is 15.7. The van der Waals surface area contributed by atoms with Crippen LogP contribution in [-0.4, -0.2) is 0 Å². The molecule has 10 rings (SSSR count). The van der Waals surface area contributed by atoms with Crippen LogP contribution in [0.15, 0.2) is 176 Å². The fourth-order valence-corrected chi connectivity index (χ4v) is 10.5. The average Bonchev–Trinajstić information content (AvgIpc) is 3.73. The molecule has 0 bridgehead atoms. The van der Waals surface area contributed by atoms with E-state index in [1.165, 1.54) is 85.9 Å². The molecule has 56 heavy (non-hydrogen) atoms. The zero-order chi connectivity index (χ0) is 38.0. The molecule has 0 spiro atoms. The summed E-state index contributed by atoms with van der Waals surface area (Å²) in [5.74, 6) is 0. The Kier molecular flexibility index (Phi) is 8.24. The van der Waals surface area contributed by atoms with Crippen LogP contribution in [0, 0.1) is 0 Å². The summed E-state index contributed by atoms with van der Waals surface area (Å²) in [7, 11) is 0. The molecule has 2 aliphatic carbocycles. The summed E-state index contributed by atoms with van der Waals surface area (Å²) in [6, 6.07) is 51.2. The van der Waals surface area contributed by atoms with Gasteiger partial charge >= 0.3 is 0 Å². The number of hydrogen-bond acceptors (Lipinski definition) is 1. The Morgan fingerprint density at radius 1 is 0.625 bits per heavy atom. The molecule has 1 heteroatoms. The highest BCUT2D eigenvalue weighted by molar-refractivity contribution is 7.26. The van der Waals surface area contributed by atoms with E-state index in [1.54, 1.807) is 0 Å². The first-order valence-corrected chi connectivity index (χ1v) is 20.4. The van der Waals surface area contributed by atoms with Crippen LogP contribution in [0.4, 0.5) is 0 Å². The molecule has 0 amide bonds. The van der Waals surface area contributed by atoms with E-state index in [0.29, 0.717) is 0 Å². The molecule has 2 aliphatic rings. The van der Waals surface area contributed by atoms with Gasteiger partial charge in [0, 0.05) is 31.0 Å². The van der Waals surface area contributed by atoms with Crippen molar-refractivity contribution in [3.05, 3.63) is 214 Å². The van der Waals surface area contributed by atoms with E-state index >= 15 is 0 Å². The van der Waals surface area contributed by atoms with Gasteiger partial charge in [-0.05, 0) is 119 Å². The predicted octanol–water partition coefficient (Wildman–Crippen LogP) is 11.9. The van der Waals surface area contributed by atoms with Crippen molar-refractivity contribution >= 4 is 66.1 Å². The normalized spacial score (nSPS) is 18.1. The minimum Gasteiger partial charge on any atom is -0.135 e. The Bertz CT molecular complexity index is 3240. The summed E-state index contributed by atoms with van der Waals surface area (Å²) >= 11 is 1.92. The Labute approximate surface area is 332 Å². The van der Waals surface area contributed by atoms with Crippen molar-refractivity contribution in [3.63, 3.8) is 0 Å². The summed E-state index contributed by atoms with van der Waals surface area (Å²) < 4.78 is 2.68. The number of thiophene rings is 1. The van der Waals surface area contributed by atoms with Gasteiger partial charge in [-0.25, -0.2) is 0 Å². The van der Waals surface area contributed by atoms with Crippen LogP contribution in [0.1, 0.15) is 43.4 Å². The third-order valence-electron chi connectivity index (χ3n) is 11.9. The first-order chi connectivity index (χ1) is 27.4.